The molecule has 0 radical (unpaired) electrons. The van der Waals surface area contributed by atoms with Crippen LogP contribution in [0.15, 0.2) is 12.2 Å². The average molecular weight is 112 g/mol. The minimum Gasteiger partial charge on any atom is -0.386 e. The maximum Gasteiger partial charge on any atom is 0.0828 e. The lowest BCUT2D eigenvalue weighted by molar-refractivity contribution is 0.0869. The Balaban J connectivity index is 2.54. The van der Waals surface area contributed by atoms with Crippen molar-refractivity contribution in [1.82, 2.24) is 0 Å². The van der Waals surface area contributed by atoms with Crippen LogP contribution in [0.2, 0.25) is 0 Å². The molecular weight excluding hydrogens is 100 g/mol. The number of hydrogen-bond donors (Lipinski definition) is 1. The normalized spacial score (nSPS) is 36.2. The highest BCUT2D eigenvalue weighted by Gasteiger charge is 2.22. The van der Waals surface area contributed by atoms with Gasteiger partial charge in [0.05, 0.1) is 5.60 Å². The zero-order valence-electron chi connectivity index (χ0n) is 5.22. The summed E-state index contributed by atoms with van der Waals surface area (Å²) in [7, 11) is 0. The van der Waals surface area contributed by atoms with Crippen LogP contribution in [0.1, 0.15) is 26.2 Å². The molecule has 0 spiro atoms. The Morgan fingerprint density at radius 2 is 2.50 bits per heavy atom. The molecule has 8 heavy (non-hydrogen) atoms. The van der Waals surface area contributed by atoms with Gasteiger partial charge in [0, 0.05) is 0 Å². The summed E-state index contributed by atoms with van der Waals surface area (Å²) in [5.41, 5.74) is -0.444. The Hall–Kier alpha value is -0.300. The molecule has 1 rings (SSSR count). The predicted molar refractivity (Wildman–Crippen MR) is 33.6 cm³/mol. The average Bonchev–Trinajstić information content (AvgIpc) is 2.17. The molecule has 0 aromatic heterocycles. The second kappa shape index (κ2) is 1.90. The van der Waals surface area contributed by atoms with E-state index in [1.807, 2.05) is 19.1 Å². The lowest BCUT2D eigenvalue weighted by Crippen LogP contribution is -2.20. The number of allylic oxidation sites excluding steroid dienone is 1. The first-order valence-corrected chi connectivity index (χ1v) is 3.17. The monoisotopic (exact) mass is 112 g/mol. The smallest absolute Gasteiger partial charge is 0.0828 e. The summed E-state index contributed by atoms with van der Waals surface area (Å²) in [5.74, 6) is 0. The molecular formula is C7H12O. The zero-order chi connectivity index (χ0) is 6.04. The van der Waals surface area contributed by atoms with E-state index in [1.165, 1.54) is 0 Å². The molecule has 1 heteroatoms. The van der Waals surface area contributed by atoms with Crippen molar-refractivity contribution in [3.05, 3.63) is 12.2 Å². The lowest BCUT2D eigenvalue weighted by atomic mass is 10.0. The second-order valence-corrected chi connectivity index (χ2v) is 2.40. The van der Waals surface area contributed by atoms with E-state index in [0.29, 0.717) is 0 Å². The molecule has 0 saturated carbocycles. The number of aliphatic hydroxyl groups is 1. The molecule has 0 aliphatic heterocycles. The van der Waals surface area contributed by atoms with Gasteiger partial charge in [0.2, 0.25) is 0 Å². The Bertz CT molecular complexity index is 107. The summed E-state index contributed by atoms with van der Waals surface area (Å²) in [6.07, 6.45) is 6.77. The van der Waals surface area contributed by atoms with Gasteiger partial charge < -0.3 is 5.11 Å². The summed E-state index contributed by atoms with van der Waals surface area (Å²) in [6, 6.07) is 0. The van der Waals surface area contributed by atoms with Crippen LogP contribution in [0.5, 0.6) is 0 Å². The van der Waals surface area contributed by atoms with E-state index in [1.54, 1.807) is 0 Å². The topological polar surface area (TPSA) is 20.2 Å². The van der Waals surface area contributed by atoms with Crippen molar-refractivity contribution in [2.24, 2.45) is 0 Å². The molecule has 1 atom stereocenters. The molecule has 0 aromatic rings. The molecule has 0 bridgehead atoms. The zero-order valence-corrected chi connectivity index (χ0v) is 5.22. The maximum absolute atomic E-state index is 9.41. The SMILES string of the molecule is CCC1(O)C=CCC1. The van der Waals surface area contributed by atoms with Crippen LogP contribution in [0, 0.1) is 0 Å². The first kappa shape index (κ1) is 5.83. The van der Waals surface area contributed by atoms with E-state index in [4.69, 9.17) is 0 Å². The molecule has 0 fully saturated rings. The number of rotatable bonds is 1. The van der Waals surface area contributed by atoms with E-state index in [0.717, 1.165) is 19.3 Å². The molecule has 1 N–H and O–H groups in total. The number of hydrogen-bond acceptors (Lipinski definition) is 1. The quantitative estimate of drug-likeness (QED) is 0.509. The standard InChI is InChI=1S/C7H12O/c1-2-7(8)5-3-4-6-7/h3,5,8H,2,4,6H2,1H3. The second-order valence-electron chi connectivity index (χ2n) is 2.40. The molecule has 0 aromatic carbocycles. The fraction of sp³-hybridized carbons (Fsp3) is 0.714. The van der Waals surface area contributed by atoms with Gasteiger partial charge in [0.1, 0.15) is 0 Å². The minimum atomic E-state index is -0.444. The Kier molecular flexibility index (Phi) is 1.39. The maximum atomic E-state index is 9.41. The molecule has 1 unspecified atom stereocenters. The van der Waals surface area contributed by atoms with Crippen LogP contribution < -0.4 is 0 Å². The highest BCUT2D eigenvalue weighted by molar-refractivity contribution is 5.07. The Morgan fingerprint density at radius 1 is 1.75 bits per heavy atom. The van der Waals surface area contributed by atoms with Crippen molar-refractivity contribution in [2.45, 2.75) is 31.8 Å². The molecule has 1 aliphatic carbocycles. The van der Waals surface area contributed by atoms with Crippen LogP contribution in [0.4, 0.5) is 0 Å². The predicted octanol–water partition coefficient (Wildman–Crippen LogP) is 1.48. The van der Waals surface area contributed by atoms with Crippen LogP contribution >= 0.6 is 0 Å². The molecule has 0 heterocycles. The molecule has 1 nitrogen and oxygen atoms in total. The van der Waals surface area contributed by atoms with Crippen molar-refractivity contribution >= 4 is 0 Å². The third-order valence-corrected chi connectivity index (χ3v) is 1.78. The van der Waals surface area contributed by atoms with Gasteiger partial charge in [0.15, 0.2) is 0 Å². The van der Waals surface area contributed by atoms with E-state index in [2.05, 4.69) is 0 Å². The van der Waals surface area contributed by atoms with E-state index < -0.39 is 5.60 Å². The van der Waals surface area contributed by atoms with Crippen molar-refractivity contribution < 1.29 is 5.11 Å². The third-order valence-electron chi connectivity index (χ3n) is 1.78. The Labute approximate surface area is 50.0 Å². The lowest BCUT2D eigenvalue weighted by Gasteiger charge is -2.16. The van der Waals surface area contributed by atoms with Gasteiger partial charge >= 0.3 is 0 Å². The van der Waals surface area contributed by atoms with Gasteiger partial charge in [-0.15, -0.1) is 0 Å². The molecule has 46 valence electrons. The van der Waals surface area contributed by atoms with Crippen molar-refractivity contribution in [1.29, 1.82) is 0 Å². The van der Waals surface area contributed by atoms with Crippen molar-refractivity contribution in [3.63, 3.8) is 0 Å². The summed E-state index contributed by atoms with van der Waals surface area (Å²) in [5, 5.41) is 9.41. The van der Waals surface area contributed by atoms with Crippen molar-refractivity contribution in [3.8, 4) is 0 Å². The van der Waals surface area contributed by atoms with Crippen LogP contribution in [-0.4, -0.2) is 10.7 Å². The minimum absolute atomic E-state index is 0.444. The van der Waals surface area contributed by atoms with Crippen LogP contribution in [0.3, 0.4) is 0 Å². The summed E-state index contributed by atoms with van der Waals surface area (Å²) in [6.45, 7) is 2.01. The van der Waals surface area contributed by atoms with Crippen LogP contribution in [-0.2, 0) is 0 Å². The Morgan fingerprint density at radius 3 is 2.75 bits per heavy atom. The van der Waals surface area contributed by atoms with Crippen LogP contribution in [0.25, 0.3) is 0 Å². The summed E-state index contributed by atoms with van der Waals surface area (Å²) < 4.78 is 0. The fourth-order valence-corrected chi connectivity index (χ4v) is 1.01. The van der Waals surface area contributed by atoms with Gasteiger partial charge in [-0.3, -0.25) is 0 Å². The van der Waals surface area contributed by atoms with Crippen molar-refractivity contribution in [2.75, 3.05) is 0 Å². The molecule has 0 saturated heterocycles. The summed E-state index contributed by atoms with van der Waals surface area (Å²) in [4.78, 5) is 0. The first-order chi connectivity index (χ1) is 3.77. The van der Waals surface area contributed by atoms with Gasteiger partial charge in [-0.2, -0.15) is 0 Å². The molecule has 0 amide bonds. The summed E-state index contributed by atoms with van der Waals surface area (Å²) >= 11 is 0. The first-order valence-electron chi connectivity index (χ1n) is 3.17. The van der Waals surface area contributed by atoms with Gasteiger partial charge in [0.25, 0.3) is 0 Å². The highest BCUT2D eigenvalue weighted by Crippen LogP contribution is 2.24. The van der Waals surface area contributed by atoms with Gasteiger partial charge in [-0.05, 0) is 19.3 Å². The van der Waals surface area contributed by atoms with E-state index >= 15 is 0 Å². The van der Waals surface area contributed by atoms with E-state index in [-0.39, 0.29) is 0 Å². The molecule has 1 aliphatic rings. The van der Waals surface area contributed by atoms with Gasteiger partial charge in [-0.1, -0.05) is 19.1 Å². The fourth-order valence-electron chi connectivity index (χ4n) is 1.01. The largest absolute Gasteiger partial charge is 0.386 e. The third kappa shape index (κ3) is 0.920. The van der Waals surface area contributed by atoms with Gasteiger partial charge in [-0.25, -0.2) is 0 Å². The van der Waals surface area contributed by atoms with E-state index in [9.17, 15) is 5.11 Å². The highest BCUT2D eigenvalue weighted by atomic mass is 16.3.